The second kappa shape index (κ2) is 3.97. The van der Waals surface area contributed by atoms with Gasteiger partial charge in [0, 0.05) is 6.04 Å². The van der Waals surface area contributed by atoms with Crippen molar-refractivity contribution in [2.24, 2.45) is 0 Å². The molecule has 0 saturated carbocycles. The van der Waals surface area contributed by atoms with Gasteiger partial charge in [-0.1, -0.05) is 0 Å². The molecule has 66 valence electrons. The van der Waals surface area contributed by atoms with Crippen molar-refractivity contribution < 1.29 is 13.9 Å². The lowest BCUT2D eigenvalue weighted by molar-refractivity contribution is 0.0663. The van der Waals surface area contributed by atoms with Crippen molar-refractivity contribution in [1.82, 2.24) is 4.90 Å². The third-order valence-corrected chi connectivity index (χ3v) is 2.08. The lowest BCUT2D eigenvalue weighted by Gasteiger charge is -2.21. The zero-order valence-electron chi connectivity index (χ0n) is 6.34. The highest BCUT2D eigenvalue weighted by atomic mass is 19.3. The van der Waals surface area contributed by atoms with E-state index in [-0.39, 0.29) is 19.2 Å². The summed E-state index contributed by atoms with van der Waals surface area (Å²) >= 11 is 0. The summed E-state index contributed by atoms with van der Waals surface area (Å²) in [6.07, 6.45) is -0.497. The number of alkyl halides is 2. The van der Waals surface area contributed by atoms with Crippen molar-refractivity contribution in [3.63, 3.8) is 0 Å². The molecule has 1 atom stereocenters. The van der Waals surface area contributed by atoms with Crippen molar-refractivity contribution in [2.45, 2.75) is 25.3 Å². The maximum Gasteiger partial charge on any atom is 0.251 e. The number of aliphatic hydroxyl groups excluding tert-OH is 1. The highest BCUT2D eigenvalue weighted by Crippen LogP contribution is 2.17. The molecule has 1 heterocycles. The van der Waals surface area contributed by atoms with E-state index in [9.17, 15) is 8.78 Å². The normalized spacial score (nSPS) is 26.7. The van der Waals surface area contributed by atoms with Crippen LogP contribution in [0.3, 0.4) is 0 Å². The van der Waals surface area contributed by atoms with E-state index in [1.54, 1.807) is 4.90 Å². The van der Waals surface area contributed by atoms with Crippen molar-refractivity contribution in [3.05, 3.63) is 0 Å². The fraction of sp³-hybridized carbons (Fsp3) is 1.00. The molecule has 0 spiro atoms. The molecule has 0 bridgehead atoms. The van der Waals surface area contributed by atoms with Crippen LogP contribution in [0.2, 0.25) is 0 Å². The summed E-state index contributed by atoms with van der Waals surface area (Å²) in [7, 11) is 0. The van der Waals surface area contributed by atoms with Crippen LogP contribution in [-0.2, 0) is 0 Å². The largest absolute Gasteiger partial charge is 0.395 e. The van der Waals surface area contributed by atoms with E-state index >= 15 is 0 Å². The first-order valence-electron chi connectivity index (χ1n) is 3.87. The summed E-state index contributed by atoms with van der Waals surface area (Å²) in [6.45, 7) is 0.521. The first-order chi connectivity index (χ1) is 5.24. The number of rotatable bonds is 3. The third kappa shape index (κ3) is 2.38. The smallest absolute Gasteiger partial charge is 0.251 e. The molecule has 0 radical (unpaired) electrons. The minimum atomic E-state index is -2.28. The minimum absolute atomic E-state index is 0.00667. The minimum Gasteiger partial charge on any atom is -0.395 e. The number of hydrogen-bond donors (Lipinski definition) is 1. The predicted octanol–water partition coefficient (Wildman–Crippen LogP) is 0.708. The molecule has 11 heavy (non-hydrogen) atoms. The second-order valence-electron chi connectivity index (χ2n) is 2.86. The summed E-state index contributed by atoms with van der Waals surface area (Å²) in [4.78, 5) is 1.66. The summed E-state index contributed by atoms with van der Waals surface area (Å²) in [5, 5.41) is 8.76. The Labute approximate surface area is 64.8 Å². The van der Waals surface area contributed by atoms with Crippen LogP contribution in [0.1, 0.15) is 12.8 Å². The van der Waals surface area contributed by atoms with Crippen LogP contribution >= 0.6 is 0 Å². The predicted molar refractivity (Wildman–Crippen MR) is 37.7 cm³/mol. The van der Waals surface area contributed by atoms with Gasteiger partial charge < -0.3 is 5.11 Å². The van der Waals surface area contributed by atoms with Crippen LogP contribution in [-0.4, -0.2) is 42.2 Å². The summed E-state index contributed by atoms with van der Waals surface area (Å²) in [5.41, 5.74) is 0. The summed E-state index contributed by atoms with van der Waals surface area (Å²) in [5.74, 6) is 0. The Morgan fingerprint density at radius 2 is 2.27 bits per heavy atom. The van der Waals surface area contributed by atoms with Crippen LogP contribution in [0.25, 0.3) is 0 Å². The molecule has 0 aromatic carbocycles. The lowest BCUT2D eigenvalue weighted by Crippen LogP contribution is -2.35. The van der Waals surface area contributed by atoms with Gasteiger partial charge in [0.25, 0.3) is 6.43 Å². The van der Waals surface area contributed by atoms with Crippen LogP contribution in [0, 0.1) is 0 Å². The van der Waals surface area contributed by atoms with E-state index < -0.39 is 6.43 Å². The van der Waals surface area contributed by atoms with E-state index in [0.717, 1.165) is 12.8 Å². The maximum atomic E-state index is 11.9. The van der Waals surface area contributed by atoms with Crippen LogP contribution < -0.4 is 0 Å². The standard InChI is InChI=1S/C7H13F2NO/c8-7(9)4-10-3-1-2-6(10)5-11/h6-7,11H,1-5H2/t6-/m1/s1. The van der Waals surface area contributed by atoms with Gasteiger partial charge in [-0.15, -0.1) is 0 Å². The monoisotopic (exact) mass is 165 g/mol. The summed E-state index contributed by atoms with van der Waals surface area (Å²) < 4.78 is 23.7. The van der Waals surface area contributed by atoms with E-state index in [0.29, 0.717) is 6.54 Å². The molecule has 4 heteroatoms. The highest BCUT2D eigenvalue weighted by Gasteiger charge is 2.25. The van der Waals surface area contributed by atoms with E-state index in [1.807, 2.05) is 0 Å². The first kappa shape index (κ1) is 8.87. The van der Waals surface area contributed by atoms with E-state index in [2.05, 4.69) is 0 Å². The Bertz CT molecular complexity index is 121. The Kier molecular flexibility index (Phi) is 3.20. The van der Waals surface area contributed by atoms with Crippen molar-refractivity contribution >= 4 is 0 Å². The van der Waals surface area contributed by atoms with Crippen molar-refractivity contribution in [3.8, 4) is 0 Å². The molecule has 1 N–H and O–H groups in total. The zero-order valence-corrected chi connectivity index (χ0v) is 6.34. The molecule has 0 aliphatic carbocycles. The molecule has 0 amide bonds. The zero-order chi connectivity index (χ0) is 8.27. The average Bonchev–Trinajstić information content (AvgIpc) is 2.34. The third-order valence-electron chi connectivity index (χ3n) is 2.08. The Morgan fingerprint density at radius 1 is 1.55 bits per heavy atom. The van der Waals surface area contributed by atoms with Gasteiger partial charge >= 0.3 is 0 Å². The second-order valence-corrected chi connectivity index (χ2v) is 2.86. The fourth-order valence-electron chi connectivity index (χ4n) is 1.52. The molecule has 1 aliphatic heterocycles. The molecule has 1 rings (SSSR count). The van der Waals surface area contributed by atoms with Crippen LogP contribution in [0.5, 0.6) is 0 Å². The SMILES string of the molecule is OC[C@H]1CCCN1CC(F)F. The Balaban J connectivity index is 2.31. The number of likely N-dealkylation sites (tertiary alicyclic amines) is 1. The van der Waals surface area contributed by atoms with Crippen molar-refractivity contribution in [2.75, 3.05) is 19.7 Å². The summed E-state index contributed by atoms with van der Waals surface area (Å²) in [6, 6.07) is -0.0241. The topological polar surface area (TPSA) is 23.5 Å². The fourth-order valence-corrected chi connectivity index (χ4v) is 1.52. The van der Waals surface area contributed by atoms with Gasteiger partial charge in [0.1, 0.15) is 0 Å². The molecular weight excluding hydrogens is 152 g/mol. The molecule has 0 aromatic heterocycles. The highest BCUT2D eigenvalue weighted by molar-refractivity contribution is 4.78. The van der Waals surface area contributed by atoms with Gasteiger partial charge in [-0.25, -0.2) is 8.78 Å². The number of aliphatic hydroxyl groups is 1. The molecule has 2 nitrogen and oxygen atoms in total. The molecule has 1 fully saturated rings. The number of nitrogens with zero attached hydrogens (tertiary/aromatic N) is 1. The Morgan fingerprint density at radius 3 is 2.82 bits per heavy atom. The first-order valence-corrected chi connectivity index (χ1v) is 3.87. The van der Waals surface area contributed by atoms with Gasteiger partial charge in [0.2, 0.25) is 0 Å². The molecule has 0 aromatic rings. The maximum absolute atomic E-state index is 11.9. The quantitative estimate of drug-likeness (QED) is 0.665. The van der Waals surface area contributed by atoms with Gasteiger partial charge in [-0.05, 0) is 19.4 Å². The lowest BCUT2D eigenvalue weighted by atomic mass is 10.2. The van der Waals surface area contributed by atoms with Crippen molar-refractivity contribution in [1.29, 1.82) is 0 Å². The van der Waals surface area contributed by atoms with Gasteiger partial charge in [-0.2, -0.15) is 0 Å². The number of halogens is 2. The van der Waals surface area contributed by atoms with Gasteiger partial charge in [0.15, 0.2) is 0 Å². The van der Waals surface area contributed by atoms with Crippen LogP contribution in [0.15, 0.2) is 0 Å². The molecule has 1 saturated heterocycles. The van der Waals surface area contributed by atoms with Crippen LogP contribution in [0.4, 0.5) is 8.78 Å². The molecule has 0 unspecified atom stereocenters. The van der Waals surface area contributed by atoms with E-state index in [4.69, 9.17) is 5.11 Å². The average molecular weight is 165 g/mol. The molecular formula is C7H13F2NO. The van der Waals surface area contributed by atoms with Gasteiger partial charge in [-0.3, -0.25) is 4.90 Å². The molecule has 1 aliphatic rings. The Hall–Kier alpha value is -0.220. The van der Waals surface area contributed by atoms with E-state index in [1.165, 1.54) is 0 Å². The number of hydrogen-bond acceptors (Lipinski definition) is 2. The van der Waals surface area contributed by atoms with Gasteiger partial charge in [0.05, 0.1) is 13.2 Å².